The van der Waals surface area contributed by atoms with Gasteiger partial charge in [0.25, 0.3) is 5.92 Å². The maximum atomic E-state index is 14.9. The number of aliphatic hydroxyl groups excluding tert-OH is 1. The average molecular weight is 466 g/mol. The van der Waals surface area contributed by atoms with Crippen molar-refractivity contribution in [2.24, 2.45) is 0 Å². The molecular formula is C22H26F3N4O2P. The number of pyridine rings is 1. The van der Waals surface area contributed by atoms with Crippen LogP contribution in [-0.2, 0) is 10.5 Å². The van der Waals surface area contributed by atoms with Crippen molar-refractivity contribution in [1.29, 1.82) is 0 Å². The highest BCUT2D eigenvalue weighted by atomic mass is 31.2. The average Bonchev–Trinajstić information content (AvgIpc) is 2.78. The lowest BCUT2D eigenvalue weighted by atomic mass is 10.00. The quantitative estimate of drug-likeness (QED) is 0.466. The predicted octanol–water partition coefficient (Wildman–Crippen LogP) is 4.76. The number of alkyl halides is 2. The second-order valence-electron chi connectivity index (χ2n) is 7.64. The lowest BCUT2D eigenvalue weighted by molar-refractivity contribution is -0.0583. The second-order valence-corrected chi connectivity index (χ2v) is 11.1. The van der Waals surface area contributed by atoms with Crippen molar-refractivity contribution in [3.8, 4) is 0 Å². The number of aromatic nitrogens is 3. The highest BCUT2D eigenvalue weighted by Crippen LogP contribution is 2.43. The fraction of sp³-hybridized carbons (Fsp3) is 0.409. The maximum Gasteiger partial charge on any atom is 0.298 e. The van der Waals surface area contributed by atoms with Crippen LogP contribution in [0.3, 0.4) is 0 Å². The fourth-order valence-electron chi connectivity index (χ4n) is 3.55. The molecular weight excluding hydrogens is 440 g/mol. The molecule has 3 rings (SSSR count). The summed E-state index contributed by atoms with van der Waals surface area (Å²) in [5, 5.41) is 12.6. The van der Waals surface area contributed by atoms with E-state index < -0.39 is 37.1 Å². The van der Waals surface area contributed by atoms with Crippen LogP contribution >= 0.6 is 7.14 Å². The van der Waals surface area contributed by atoms with E-state index in [1.54, 1.807) is 19.9 Å². The van der Waals surface area contributed by atoms with Crippen LogP contribution in [0.1, 0.15) is 43.8 Å². The van der Waals surface area contributed by atoms with Crippen LogP contribution in [0.5, 0.6) is 0 Å². The first-order chi connectivity index (χ1) is 15.1. The van der Waals surface area contributed by atoms with E-state index in [2.05, 4.69) is 20.3 Å². The maximum absolute atomic E-state index is 14.9. The molecule has 6 nitrogen and oxygen atoms in total. The molecule has 0 saturated carbocycles. The van der Waals surface area contributed by atoms with E-state index in [1.165, 1.54) is 18.3 Å². The van der Waals surface area contributed by atoms with Gasteiger partial charge < -0.3 is 15.0 Å². The molecule has 2 N–H and O–H groups in total. The highest BCUT2D eigenvalue weighted by molar-refractivity contribution is 7.71. The molecule has 3 aromatic rings. The summed E-state index contributed by atoms with van der Waals surface area (Å²) >= 11 is 0. The van der Waals surface area contributed by atoms with Crippen molar-refractivity contribution in [3.05, 3.63) is 53.2 Å². The van der Waals surface area contributed by atoms with Gasteiger partial charge in [-0.15, -0.1) is 0 Å². The Morgan fingerprint density at radius 1 is 1.22 bits per heavy atom. The third kappa shape index (κ3) is 4.50. The number of halogens is 3. The molecule has 0 bridgehead atoms. The molecule has 172 valence electrons. The smallest absolute Gasteiger partial charge is 0.298 e. The van der Waals surface area contributed by atoms with E-state index in [-0.39, 0.29) is 5.56 Å². The van der Waals surface area contributed by atoms with Gasteiger partial charge >= 0.3 is 0 Å². The molecule has 0 spiro atoms. The number of aliphatic hydroxyl groups is 1. The van der Waals surface area contributed by atoms with Crippen LogP contribution in [0.2, 0.25) is 0 Å². The molecule has 1 unspecified atom stereocenters. The van der Waals surface area contributed by atoms with E-state index >= 15 is 0 Å². The van der Waals surface area contributed by atoms with Gasteiger partial charge in [0.05, 0.1) is 23.3 Å². The van der Waals surface area contributed by atoms with Crippen LogP contribution in [0.25, 0.3) is 10.9 Å². The van der Waals surface area contributed by atoms with Gasteiger partial charge in [-0.3, -0.25) is 4.98 Å². The summed E-state index contributed by atoms with van der Waals surface area (Å²) in [5.41, 5.74) is 0.125. The summed E-state index contributed by atoms with van der Waals surface area (Å²) in [4.78, 5) is 13.1. The molecule has 0 aliphatic rings. The first-order valence-corrected chi connectivity index (χ1v) is 12.4. The Bertz CT molecular complexity index is 1180. The minimum absolute atomic E-state index is 0.00195. The molecule has 0 radical (unpaired) electrons. The summed E-state index contributed by atoms with van der Waals surface area (Å²) in [6.45, 7) is 5.51. The second kappa shape index (κ2) is 9.16. The molecule has 32 heavy (non-hydrogen) atoms. The Labute approximate surface area is 184 Å². The summed E-state index contributed by atoms with van der Waals surface area (Å²) in [6.07, 6.45) is 2.46. The zero-order valence-corrected chi connectivity index (χ0v) is 19.3. The standard InChI is InChI=1S/C22H26F3N4O2P/c1-5-32(31,6-2)19-10-16-18(11-26-19)28-14(4)29-21(16)27-13(3)15-8-7-9-17(20(15)23)22(24,25)12-30/h7-11,13,30H,5-6,12H2,1-4H3,(H,27,28,29). The van der Waals surface area contributed by atoms with Gasteiger partial charge in [-0.2, -0.15) is 8.78 Å². The lowest BCUT2D eigenvalue weighted by Gasteiger charge is -2.21. The number of fused-ring (bicyclic) bond motifs is 1. The van der Waals surface area contributed by atoms with Gasteiger partial charge in [0.15, 0.2) is 0 Å². The highest BCUT2D eigenvalue weighted by Gasteiger charge is 2.35. The first-order valence-electron chi connectivity index (χ1n) is 10.3. The van der Waals surface area contributed by atoms with E-state index in [0.717, 1.165) is 6.07 Å². The number of nitrogens with zero attached hydrogens (tertiary/aromatic N) is 3. The van der Waals surface area contributed by atoms with Crippen molar-refractivity contribution >= 4 is 29.3 Å². The van der Waals surface area contributed by atoms with Crippen molar-refractivity contribution < 1.29 is 22.8 Å². The molecule has 0 amide bonds. The number of anilines is 1. The molecule has 0 saturated heterocycles. The lowest BCUT2D eigenvalue weighted by Crippen LogP contribution is -2.22. The van der Waals surface area contributed by atoms with E-state index in [1.807, 2.05) is 13.8 Å². The van der Waals surface area contributed by atoms with Gasteiger partial charge in [-0.05, 0) is 26.0 Å². The minimum Gasteiger partial charge on any atom is -0.390 e. The Morgan fingerprint density at radius 3 is 2.53 bits per heavy atom. The monoisotopic (exact) mass is 466 g/mol. The topological polar surface area (TPSA) is 88.0 Å². The largest absolute Gasteiger partial charge is 0.390 e. The van der Waals surface area contributed by atoms with Crippen molar-refractivity contribution in [1.82, 2.24) is 15.0 Å². The molecule has 1 atom stereocenters. The summed E-state index contributed by atoms with van der Waals surface area (Å²) in [5.74, 6) is -3.98. The third-order valence-electron chi connectivity index (χ3n) is 5.56. The SMILES string of the molecule is CCP(=O)(CC)c1cc2c(NC(C)c3cccc(C(F)(F)CO)c3F)nc(C)nc2cn1. The number of hydrogen-bond donors (Lipinski definition) is 2. The van der Waals surface area contributed by atoms with Gasteiger partial charge in [0.1, 0.15) is 36.6 Å². The van der Waals surface area contributed by atoms with Gasteiger partial charge in [-0.25, -0.2) is 14.4 Å². The Morgan fingerprint density at radius 2 is 1.91 bits per heavy atom. The Hall–Kier alpha value is -2.51. The van der Waals surface area contributed by atoms with Gasteiger partial charge in [0.2, 0.25) is 0 Å². The molecule has 0 fully saturated rings. The predicted molar refractivity (Wildman–Crippen MR) is 120 cm³/mol. The summed E-state index contributed by atoms with van der Waals surface area (Å²) < 4.78 is 55.9. The van der Waals surface area contributed by atoms with Crippen molar-refractivity contribution in [2.75, 3.05) is 24.2 Å². The summed E-state index contributed by atoms with van der Waals surface area (Å²) in [6, 6.07) is 4.62. The molecule has 2 aromatic heterocycles. The zero-order valence-electron chi connectivity index (χ0n) is 18.4. The van der Waals surface area contributed by atoms with Gasteiger partial charge in [0, 0.05) is 23.3 Å². The van der Waals surface area contributed by atoms with E-state index in [9.17, 15) is 17.7 Å². The van der Waals surface area contributed by atoms with Crippen LogP contribution in [0, 0.1) is 12.7 Å². The third-order valence-corrected chi connectivity index (χ3v) is 8.68. The zero-order chi connectivity index (χ0) is 23.7. The number of rotatable bonds is 8. The fourth-order valence-corrected chi connectivity index (χ4v) is 5.28. The molecule has 2 heterocycles. The Balaban J connectivity index is 2.07. The van der Waals surface area contributed by atoms with E-state index in [0.29, 0.717) is 40.3 Å². The normalized spacial score (nSPS) is 13.4. The number of aryl methyl sites for hydroxylation is 1. The van der Waals surface area contributed by atoms with E-state index in [4.69, 9.17) is 5.11 Å². The first kappa shape index (κ1) is 24.1. The Kier molecular flexibility index (Phi) is 6.91. The van der Waals surface area contributed by atoms with Crippen LogP contribution in [0.4, 0.5) is 19.0 Å². The van der Waals surface area contributed by atoms with Gasteiger partial charge in [-0.1, -0.05) is 26.0 Å². The molecule has 0 aliphatic carbocycles. The molecule has 0 aliphatic heterocycles. The van der Waals surface area contributed by atoms with Crippen LogP contribution in [-0.4, -0.2) is 39.0 Å². The minimum atomic E-state index is -3.69. The van der Waals surface area contributed by atoms with Crippen LogP contribution < -0.4 is 10.8 Å². The van der Waals surface area contributed by atoms with Crippen LogP contribution in [0.15, 0.2) is 30.5 Å². The summed E-state index contributed by atoms with van der Waals surface area (Å²) in [7, 11) is -2.66. The molecule has 1 aromatic carbocycles. The molecule has 10 heteroatoms. The van der Waals surface area contributed by atoms with Crippen molar-refractivity contribution in [3.63, 3.8) is 0 Å². The van der Waals surface area contributed by atoms with Crippen molar-refractivity contribution in [2.45, 2.75) is 39.7 Å². The number of benzene rings is 1. The number of hydrogen-bond acceptors (Lipinski definition) is 6. The number of nitrogens with one attached hydrogen (secondary N) is 1.